The highest BCUT2D eigenvalue weighted by Gasteiger charge is 2.24. The van der Waals surface area contributed by atoms with Crippen LogP contribution in [-0.4, -0.2) is 25.3 Å². The molecule has 0 amide bonds. The highest BCUT2D eigenvalue weighted by molar-refractivity contribution is 5.67. The summed E-state index contributed by atoms with van der Waals surface area (Å²) in [4.78, 5) is 2.30. The molecule has 17 heavy (non-hydrogen) atoms. The lowest BCUT2D eigenvalue weighted by molar-refractivity contribution is 0.0601. The van der Waals surface area contributed by atoms with Gasteiger partial charge in [0, 0.05) is 13.1 Å². The number of hydrogen-bond donors (Lipinski definition) is 1. The predicted octanol–water partition coefficient (Wildman–Crippen LogP) is 2.66. The molecular weight excluding hydrogens is 212 g/mol. The van der Waals surface area contributed by atoms with Crippen molar-refractivity contribution in [2.75, 3.05) is 23.7 Å². The molecule has 1 aliphatic rings. The molecule has 3 heteroatoms. The fourth-order valence-electron chi connectivity index (χ4n) is 2.44. The van der Waals surface area contributed by atoms with Gasteiger partial charge in [-0.25, -0.2) is 0 Å². The number of benzene rings is 1. The van der Waals surface area contributed by atoms with Gasteiger partial charge in [-0.05, 0) is 38.8 Å². The second kappa shape index (κ2) is 5.41. The van der Waals surface area contributed by atoms with E-state index in [-0.39, 0.29) is 0 Å². The van der Waals surface area contributed by atoms with Crippen molar-refractivity contribution < 1.29 is 4.74 Å². The van der Waals surface area contributed by atoms with Crippen LogP contribution in [0.15, 0.2) is 24.3 Å². The van der Waals surface area contributed by atoms with E-state index in [0.29, 0.717) is 12.2 Å². The average Bonchev–Trinajstić information content (AvgIpc) is 2.73. The Bertz CT molecular complexity index is 367. The van der Waals surface area contributed by atoms with Gasteiger partial charge in [-0.15, -0.1) is 0 Å². The summed E-state index contributed by atoms with van der Waals surface area (Å²) in [6, 6.07) is 8.04. The number of para-hydroxylation sites is 2. The number of nitrogen functional groups attached to an aromatic ring is 1. The molecule has 1 heterocycles. The highest BCUT2D eigenvalue weighted by Crippen LogP contribution is 2.26. The average molecular weight is 234 g/mol. The molecule has 2 atom stereocenters. The van der Waals surface area contributed by atoms with E-state index in [1.54, 1.807) is 0 Å². The number of hydrogen-bond acceptors (Lipinski definition) is 3. The van der Waals surface area contributed by atoms with Gasteiger partial charge in [0.2, 0.25) is 0 Å². The summed E-state index contributed by atoms with van der Waals surface area (Å²) in [6.07, 6.45) is 3.09. The molecule has 0 spiro atoms. The summed E-state index contributed by atoms with van der Waals surface area (Å²) in [6.45, 7) is 6.20. The molecule has 0 bridgehead atoms. The van der Waals surface area contributed by atoms with E-state index in [4.69, 9.17) is 10.5 Å². The number of ether oxygens (including phenoxy) is 1. The Morgan fingerprint density at radius 1 is 1.35 bits per heavy atom. The maximum atomic E-state index is 6.02. The van der Waals surface area contributed by atoms with Crippen molar-refractivity contribution in [2.45, 2.75) is 38.9 Å². The first-order chi connectivity index (χ1) is 8.20. The van der Waals surface area contributed by atoms with Gasteiger partial charge in [-0.2, -0.15) is 0 Å². The first-order valence-corrected chi connectivity index (χ1v) is 6.45. The number of anilines is 2. The molecule has 1 aromatic carbocycles. The molecule has 1 fully saturated rings. The van der Waals surface area contributed by atoms with Gasteiger partial charge in [0.15, 0.2) is 0 Å². The van der Waals surface area contributed by atoms with Crippen LogP contribution in [0, 0.1) is 0 Å². The van der Waals surface area contributed by atoms with Crippen LogP contribution in [0.1, 0.15) is 26.7 Å². The Morgan fingerprint density at radius 3 is 2.71 bits per heavy atom. The molecule has 2 N–H and O–H groups in total. The smallest absolute Gasteiger partial charge is 0.0754 e. The van der Waals surface area contributed by atoms with Gasteiger partial charge >= 0.3 is 0 Å². The summed E-state index contributed by atoms with van der Waals surface area (Å²) >= 11 is 0. The normalized spacial score (nSPS) is 23.9. The van der Waals surface area contributed by atoms with E-state index < -0.39 is 0 Å². The third-order valence-electron chi connectivity index (χ3n) is 3.40. The van der Waals surface area contributed by atoms with E-state index in [1.807, 2.05) is 18.2 Å². The number of nitrogens with zero attached hydrogens (tertiary/aromatic N) is 1. The maximum absolute atomic E-state index is 6.02. The van der Waals surface area contributed by atoms with Crippen molar-refractivity contribution in [3.05, 3.63) is 24.3 Å². The highest BCUT2D eigenvalue weighted by atomic mass is 16.5. The number of likely N-dealkylation sites (N-methyl/N-ethyl adjacent to an activating group) is 1. The monoisotopic (exact) mass is 234 g/mol. The Kier molecular flexibility index (Phi) is 3.89. The first kappa shape index (κ1) is 12.2. The largest absolute Gasteiger partial charge is 0.397 e. The molecule has 0 saturated carbocycles. The topological polar surface area (TPSA) is 38.5 Å². The van der Waals surface area contributed by atoms with Crippen molar-refractivity contribution in [2.24, 2.45) is 0 Å². The quantitative estimate of drug-likeness (QED) is 0.814. The Hall–Kier alpha value is -1.22. The third-order valence-corrected chi connectivity index (χ3v) is 3.40. The second-order valence-corrected chi connectivity index (χ2v) is 4.74. The SMILES string of the molecule is CCN(CC1CCC(C)O1)c1ccccc1N. The minimum Gasteiger partial charge on any atom is -0.397 e. The van der Waals surface area contributed by atoms with Gasteiger partial charge in [0.05, 0.1) is 23.6 Å². The van der Waals surface area contributed by atoms with Crippen LogP contribution in [0.4, 0.5) is 11.4 Å². The lowest BCUT2D eigenvalue weighted by atomic mass is 10.2. The summed E-state index contributed by atoms with van der Waals surface area (Å²) < 4.78 is 5.87. The van der Waals surface area contributed by atoms with E-state index in [2.05, 4.69) is 24.8 Å². The second-order valence-electron chi connectivity index (χ2n) is 4.74. The van der Waals surface area contributed by atoms with Crippen LogP contribution in [0.5, 0.6) is 0 Å². The summed E-state index contributed by atoms with van der Waals surface area (Å²) in [5.41, 5.74) is 7.99. The van der Waals surface area contributed by atoms with Gasteiger partial charge in [-0.3, -0.25) is 0 Å². The van der Waals surface area contributed by atoms with Crippen molar-refractivity contribution in [3.8, 4) is 0 Å². The molecule has 3 nitrogen and oxygen atoms in total. The van der Waals surface area contributed by atoms with Crippen LogP contribution in [0.25, 0.3) is 0 Å². The minimum atomic E-state index is 0.351. The fourth-order valence-corrected chi connectivity index (χ4v) is 2.44. The molecule has 94 valence electrons. The zero-order chi connectivity index (χ0) is 12.3. The number of nitrogens with two attached hydrogens (primary N) is 1. The van der Waals surface area contributed by atoms with Crippen LogP contribution in [0.2, 0.25) is 0 Å². The lowest BCUT2D eigenvalue weighted by Crippen LogP contribution is -2.32. The minimum absolute atomic E-state index is 0.351. The van der Waals surface area contributed by atoms with Crippen molar-refractivity contribution >= 4 is 11.4 Å². The first-order valence-electron chi connectivity index (χ1n) is 6.45. The van der Waals surface area contributed by atoms with Crippen molar-refractivity contribution in [3.63, 3.8) is 0 Å². The molecule has 1 saturated heterocycles. The molecule has 2 rings (SSSR count). The molecule has 2 unspecified atom stereocenters. The van der Waals surface area contributed by atoms with E-state index in [9.17, 15) is 0 Å². The molecule has 1 aliphatic heterocycles. The van der Waals surface area contributed by atoms with Gasteiger partial charge in [0.1, 0.15) is 0 Å². The Balaban J connectivity index is 2.04. The summed E-state index contributed by atoms with van der Waals surface area (Å²) in [5, 5.41) is 0. The Labute approximate surface area is 104 Å². The van der Waals surface area contributed by atoms with E-state index in [1.165, 1.54) is 6.42 Å². The summed E-state index contributed by atoms with van der Waals surface area (Å²) in [7, 11) is 0. The zero-order valence-corrected chi connectivity index (χ0v) is 10.7. The van der Waals surface area contributed by atoms with Gasteiger partial charge in [-0.1, -0.05) is 12.1 Å². The van der Waals surface area contributed by atoms with Crippen molar-refractivity contribution in [1.82, 2.24) is 0 Å². The Morgan fingerprint density at radius 2 is 2.12 bits per heavy atom. The van der Waals surface area contributed by atoms with Crippen molar-refractivity contribution in [1.29, 1.82) is 0 Å². The fraction of sp³-hybridized carbons (Fsp3) is 0.571. The van der Waals surface area contributed by atoms with Crippen LogP contribution >= 0.6 is 0 Å². The standard InChI is InChI=1S/C14H22N2O/c1-3-16(10-12-9-8-11(2)17-12)14-7-5-4-6-13(14)15/h4-7,11-12H,3,8-10,15H2,1-2H3. The summed E-state index contributed by atoms with van der Waals surface area (Å²) in [5.74, 6) is 0. The predicted molar refractivity (Wildman–Crippen MR) is 72.3 cm³/mol. The maximum Gasteiger partial charge on any atom is 0.0754 e. The van der Waals surface area contributed by atoms with Crippen LogP contribution in [-0.2, 0) is 4.74 Å². The van der Waals surface area contributed by atoms with Crippen LogP contribution in [0.3, 0.4) is 0 Å². The van der Waals surface area contributed by atoms with Crippen LogP contribution < -0.4 is 10.6 Å². The third kappa shape index (κ3) is 2.91. The molecule has 0 aromatic heterocycles. The number of rotatable bonds is 4. The van der Waals surface area contributed by atoms with E-state index in [0.717, 1.165) is 30.9 Å². The van der Waals surface area contributed by atoms with Gasteiger partial charge < -0.3 is 15.4 Å². The molecular formula is C14H22N2O. The lowest BCUT2D eigenvalue weighted by Gasteiger charge is -2.27. The van der Waals surface area contributed by atoms with Gasteiger partial charge in [0.25, 0.3) is 0 Å². The molecule has 0 aliphatic carbocycles. The van der Waals surface area contributed by atoms with E-state index >= 15 is 0 Å². The zero-order valence-electron chi connectivity index (χ0n) is 10.7. The molecule has 0 radical (unpaired) electrons. The molecule has 1 aromatic rings.